The molecule has 0 spiro atoms. The summed E-state index contributed by atoms with van der Waals surface area (Å²) in [7, 11) is 1.94. The molecule has 0 saturated carbocycles. The Morgan fingerprint density at radius 1 is 1.12 bits per heavy atom. The standard InChI is InChI=1S/C22H32N8O2/c1-13(2)30-12-18-19(21(30)32)24-22(29-9-7-28(8-10-29)16(5)31)25-20(18)23-11-17-14(3)26-27(6)15(17)4/h13H,7-12H2,1-6H3,(H,23,24,25). The second-order valence-corrected chi connectivity index (χ2v) is 8.85. The van der Waals surface area contributed by atoms with Crippen LogP contribution in [0.3, 0.4) is 0 Å². The van der Waals surface area contributed by atoms with Crippen molar-refractivity contribution in [2.24, 2.45) is 7.05 Å². The van der Waals surface area contributed by atoms with Crippen LogP contribution in [0.1, 0.15) is 53.8 Å². The third-order valence-electron chi connectivity index (χ3n) is 6.51. The van der Waals surface area contributed by atoms with Crippen LogP contribution in [-0.2, 0) is 24.9 Å². The molecule has 0 bridgehead atoms. The van der Waals surface area contributed by atoms with Gasteiger partial charge in [0.25, 0.3) is 5.91 Å². The summed E-state index contributed by atoms with van der Waals surface area (Å²) in [6.45, 7) is 13.2. The summed E-state index contributed by atoms with van der Waals surface area (Å²) < 4.78 is 1.88. The first-order chi connectivity index (χ1) is 15.2. The van der Waals surface area contributed by atoms with Crippen LogP contribution in [-0.4, -0.2) is 73.6 Å². The van der Waals surface area contributed by atoms with Gasteiger partial charge >= 0.3 is 0 Å². The molecule has 0 radical (unpaired) electrons. The number of nitrogens with zero attached hydrogens (tertiary/aromatic N) is 7. The molecule has 4 rings (SSSR count). The summed E-state index contributed by atoms with van der Waals surface area (Å²) in [5, 5.41) is 7.96. The second kappa shape index (κ2) is 8.40. The van der Waals surface area contributed by atoms with E-state index in [1.807, 2.05) is 49.2 Å². The monoisotopic (exact) mass is 440 g/mol. The number of carbonyl (C=O) groups is 2. The topological polar surface area (TPSA) is 99.5 Å². The van der Waals surface area contributed by atoms with Crippen molar-refractivity contribution in [1.29, 1.82) is 0 Å². The Labute approximate surface area is 188 Å². The quantitative estimate of drug-likeness (QED) is 0.752. The highest BCUT2D eigenvalue weighted by molar-refractivity contribution is 5.98. The predicted molar refractivity (Wildman–Crippen MR) is 122 cm³/mol. The molecule has 1 N–H and O–H groups in total. The molecule has 10 nitrogen and oxygen atoms in total. The van der Waals surface area contributed by atoms with E-state index in [1.165, 1.54) is 0 Å². The number of piperazine rings is 1. The molecule has 2 aromatic heterocycles. The summed E-state index contributed by atoms with van der Waals surface area (Å²) >= 11 is 0. The minimum absolute atomic E-state index is 0.0576. The fourth-order valence-electron chi connectivity index (χ4n) is 4.35. The van der Waals surface area contributed by atoms with E-state index in [9.17, 15) is 9.59 Å². The highest BCUT2D eigenvalue weighted by atomic mass is 16.2. The molecule has 0 unspecified atom stereocenters. The maximum Gasteiger partial charge on any atom is 0.273 e. The number of rotatable bonds is 5. The normalized spacial score (nSPS) is 16.2. The van der Waals surface area contributed by atoms with Gasteiger partial charge in [0.05, 0.1) is 12.2 Å². The second-order valence-electron chi connectivity index (χ2n) is 8.85. The van der Waals surface area contributed by atoms with Crippen LogP contribution in [0.5, 0.6) is 0 Å². The number of hydrogen-bond acceptors (Lipinski definition) is 7. The van der Waals surface area contributed by atoms with Gasteiger partial charge in [-0.25, -0.2) is 4.98 Å². The lowest BCUT2D eigenvalue weighted by Gasteiger charge is -2.34. The summed E-state index contributed by atoms with van der Waals surface area (Å²) in [5.41, 5.74) is 4.51. The lowest BCUT2D eigenvalue weighted by atomic mass is 10.2. The molecule has 2 amide bonds. The molecule has 0 aliphatic carbocycles. The molecule has 2 aliphatic heterocycles. The van der Waals surface area contributed by atoms with Crippen molar-refractivity contribution in [2.75, 3.05) is 36.4 Å². The highest BCUT2D eigenvalue weighted by Crippen LogP contribution is 2.31. The van der Waals surface area contributed by atoms with Gasteiger partial charge in [-0.15, -0.1) is 0 Å². The fourth-order valence-corrected chi connectivity index (χ4v) is 4.35. The summed E-state index contributed by atoms with van der Waals surface area (Å²) in [4.78, 5) is 40.0. The predicted octanol–water partition coefficient (Wildman–Crippen LogP) is 1.47. The number of nitrogens with one attached hydrogen (secondary N) is 1. The number of fused-ring (bicyclic) bond motifs is 1. The van der Waals surface area contributed by atoms with Gasteiger partial charge in [0.1, 0.15) is 11.5 Å². The first-order valence-electron chi connectivity index (χ1n) is 11.1. The van der Waals surface area contributed by atoms with Gasteiger partial charge in [-0.3, -0.25) is 14.3 Å². The highest BCUT2D eigenvalue weighted by Gasteiger charge is 2.35. The van der Waals surface area contributed by atoms with Crippen LogP contribution < -0.4 is 10.2 Å². The zero-order valence-electron chi connectivity index (χ0n) is 19.8. The number of aryl methyl sites for hydroxylation is 2. The SMILES string of the molecule is CC(=O)N1CCN(c2nc(NCc3c(C)nn(C)c3C)c3c(n2)C(=O)N(C(C)C)C3)CC1. The lowest BCUT2D eigenvalue weighted by molar-refractivity contribution is -0.129. The third kappa shape index (κ3) is 3.89. The Hall–Kier alpha value is -3.17. The summed E-state index contributed by atoms with van der Waals surface area (Å²) in [6.07, 6.45) is 0. The number of anilines is 2. The Balaban J connectivity index is 1.65. The van der Waals surface area contributed by atoms with Gasteiger partial charge in [0.2, 0.25) is 11.9 Å². The Morgan fingerprint density at radius 2 is 1.81 bits per heavy atom. The van der Waals surface area contributed by atoms with Crippen molar-refractivity contribution in [3.63, 3.8) is 0 Å². The molecule has 0 atom stereocenters. The molecule has 10 heteroatoms. The van der Waals surface area contributed by atoms with Crippen LogP contribution in [0.15, 0.2) is 0 Å². The van der Waals surface area contributed by atoms with Crippen LogP contribution >= 0.6 is 0 Å². The van der Waals surface area contributed by atoms with Gasteiger partial charge in [-0.1, -0.05) is 0 Å². The van der Waals surface area contributed by atoms with Gasteiger partial charge in [0, 0.05) is 69.6 Å². The molecule has 2 aliphatic rings. The van der Waals surface area contributed by atoms with Crippen molar-refractivity contribution in [1.82, 2.24) is 29.5 Å². The van der Waals surface area contributed by atoms with Crippen molar-refractivity contribution >= 4 is 23.6 Å². The average Bonchev–Trinajstić information content (AvgIpc) is 3.22. The van der Waals surface area contributed by atoms with Gasteiger partial charge < -0.3 is 20.0 Å². The number of carbonyl (C=O) groups excluding carboxylic acids is 2. The van der Waals surface area contributed by atoms with Crippen molar-refractivity contribution in [2.45, 2.75) is 53.8 Å². The van der Waals surface area contributed by atoms with Crippen molar-refractivity contribution in [3.05, 3.63) is 28.2 Å². The molecule has 4 heterocycles. The number of amides is 2. The third-order valence-corrected chi connectivity index (χ3v) is 6.51. The van der Waals surface area contributed by atoms with E-state index in [1.54, 1.807) is 6.92 Å². The Kier molecular flexibility index (Phi) is 5.79. The van der Waals surface area contributed by atoms with E-state index in [4.69, 9.17) is 4.98 Å². The summed E-state index contributed by atoms with van der Waals surface area (Å²) in [5.74, 6) is 1.25. The van der Waals surface area contributed by atoms with Crippen LogP contribution in [0.25, 0.3) is 0 Å². The minimum Gasteiger partial charge on any atom is -0.365 e. The summed E-state index contributed by atoms with van der Waals surface area (Å²) in [6, 6.07) is 0.0786. The van der Waals surface area contributed by atoms with Crippen LogP contribution in [0.2, 0.25) is 0 Å². The molecular formula is C22H32N8O2. The van der Waals surface area contributed by atoms with Crippen LogP contribution in [0.4, 0.5) is 11.8 Å². The van der Waals surface area contributed by atoms with E-state index < -0.39 is 0 Å². The fraction of sp³-hybridized carbons (Fsp3) is 0.591. The maximum absolute atomic E-state index is 13.1. The van der Waals surface area contributed by atoms with Gasteiger partial charge in [-0.05, 0) is 27.7 Å². The maximum atomic E-state index is 13.1. The number of hydrogen-bond donors (Lipinski definition) is 1. The molecule has 32 heavy (non-hydrogen) atoms. The smallest absolute Gasteiger partial charge is 0.273 e. The molecular weight excluding hydrogens is 408 g/mol. The van der Waals surface area contributed by atoms with E-state index in [-0.39, 0.29) is 17.9 Å². The van der Waals surface area contributed by atoms with E-state index in [2.05, 4.69) is 20.3 Å². The zero-order chi connectivity index (χ0) is 23.2. The molecule has 1 fully saturated rings. The first kappa shape index (κ1) is 22.0. The zero-order valence-corrected chi connectivity index (χ0v) is 19.8. The molecule has 1 saturated heterocycles. The van der Waals surface area contributed by atoms with E-state index >= 15 is 0 Å². The minimum atomic E-state index is -0.0576. The largest absolute Gasteiger partial charge is 0.365 e. The van der Waals surface area contributed by atoms with E-state index in [0.29, 0.717) is 56.7 Å². The lowest BCUT2D eigenvalue weighted by Crippen LogP contribution is -2.48. The Bertz CT molecular complexity index is 1050. The first-order valence-corrected chi connectivity index (χ1v) is 11.1. The average molecular weight is 441 g/mol. The Morgan fingerprint density at radius 3 is 2.38 bits per heavy atom. The van der Waals surface area contributed by atoms with Crippen molar-refractivity contribution in [3.8, 4) is 0 Å². The van der Waals surface area contributed by atoms with Crippen LogP contribution in [0, 0.1) is 13.8 Å². The van der Waals surface area contributed by atoms with Gasteiger partial charge in [-0.2, -0.15) is 10.1 Å². The molecule has 172 valence electrons. The van der Waals surface area contributed by atoms with Gasteiger partial charge in [0.15, 0.2) is 0 Å². The van der Waals surface area contributed by atoms with E-state index in [0.717, 1.165) is 22.5 Å². The number of aromatic nitrogens is 4. The molecule has 0 aromatic carbocycles. The molecule has 2 aromatic rings. The van der Waals surface area contributed by atoms with Crippen molar-refractivity contribution < 1.29 is 9.59 Å².